The summed E-state index contributed by atoms with van der Waals surface area (Å²) in [6.45, 7) is 0. The van der Waals surface area contributed by atoms with Gasteiger partial charge >= 0.3 is 0 Å². The molecule has 0 heterocycles. The van der Waals surface area contributed by atoms with Gasteiger partial charge in [0.25, 0.3) is 0 Å². The van der Waals surface area contributed by atoms with Crippen LogP contribution >= 0.6 is 23.2 Å². The molecule has 1 saturated carbocycles. The zero-order chi connectivity index (χ0) is 17.8. The highest BCUT2D eigenvalue weighted by atomic mass is 35.5. The smallest absolute Gasteiger partial charge is 0.175 e. The van der Waals surface area contributed by atoms with E-state index in [9.17, 15) is 8.42 Å². The van der Waals surface area contributed by atoms with E-state index in [-0.39, 0.29) is 5.41 Å². The van der Waals surface area contributed by atoms with Crippen LogP contribution in [0.25, 0.3) is 11.1 Å². The lowest BCUT2D eigenvalue weighted by Gasteiger charge is -2.11. The predicted octanol–water partition coefficient (Wildman–Crippen LogP) is 5.66. The van der Waals surface area contributed by atoms with Crippen molar-refractivity contribution in [2.75, 3.05) is 6.26 Å². The van der Waals surface area contributed by atoms with Gasteiger partial charge in [-0.05, 0) is 59.4 Å². The number of rotatable bonds is 3. The average Bonchev–Trinajstić information content (AvgIpc) is 3.20. The summed E-state index contributed by atoms with van der Waals surface area (Å²) in [7, 11) is -3.20. The maximum atomic E-state index is 11.7. The van der Waals surface area contributed by atoms with Crippen molar-refractivity contribution in [2.24, 2.45) is 5.41 Å². The lowest BCUT2D eigenvalue weighted by molar-refractivity contribution is 0.602. The van der Waals surface area contributed by atoms with E-state index in [1.165, 1.54) is 6.26 Å². The molecule has 2 aromatic carbocycles. The Morgan fingerprint density at radius 1 is 0.840 bits per heavy atom. The van der Waals surface area contributed by atoms with Gasteiger partial charge in [0.1, 0.15) is 0 Å². The maximum absolute atomic E-state index is 11.7. The SMILES string of the molecule is CS(=O)(=O)c1ccc(C2=CC3(C=C2c2ccc(Cl)c(Cl)c2)CC3)cc1. The van der Waals surface area contributed by atoms with E-state index in [1.54, 1.807) is 12.1 Å². The molecule has 0 N–H and O–H groups in total. The minimum absolute atomic E-state index is 0.145. The molecule has 5 heteroatoms. The fraction of sp³-hybridized carbons (Fsp3) is 0.200. The molecular formula is C20H16Cl2O2S. The van der Waals surface area contributed by atoms with Gasteiger partial charge in [0, 0.05) is 11.7 Å². The quantitative estimate of drug-likeness (QED) is 0.677. The fourth-order valence-corrected chi connectivity index (χ4v) is 4.16. The second kappa shape index (κ2) is 5.73. The fourth-order valence-electron chi connectivity index (χ4n) is 3.23. The van der Waals surface area contributed by atoms with Gasteiger partial charge in [-0.1, -0.05) is 53.6 Å². The predicted molar refractivity (Wildman–Crippen MR) is 104 cm³/mol. The number of hydrogen-bond donors (Lipinski definition) is 0. The number of sulfone groups is 1. The van der Waals surface area contributed by atoms with E-state index < -0.39 is 9.84 Å². The second-order valence-corrected chi connectivity index (χ2v) is 9.60. The molecule has 0 radical (unpaired) electrons. The number of benzene rings is 2. The third kappa shape index (κ3) is 3.17. The molecule has 1 fully saturated rings. The van der Waals surface area contributed by atoms with Crippen molar-refractivity contribution >= 4 is 44.2 Å². The van der Waals surface area contributed by atoms with E-state index in [0.29, 0.717) is 14.9 Å². The van der Waals surface area contributed by atoms with Gasteiger partial charge < -0.3 is 0 Å². The maximum Gasteiger partial charge on any atom is 0.175 e. The molecule has 128 valence electrons. The summed E-state index contributed by atoms with van der Waals surface area (Å²) >= 11 is 12.2. The highest BCUT2D eigenvalue weighted by molar-refractivity contribution is 7.90. The molecule has 0 atom stereocenters. The Morgan fingerprint density at radius 3 is 1.92 bits per heavy atom. The van der Waals surface area contributed by atoms with Gasteiger partial charge in [-0.2, -0.15) is 0 Å². The van der Waals surface area contributed by atoms with Crippen LogP contribution < -0.4 is 0 Å². The molecule has 2 nitrogen and oxygen atoms in total. The number of halogens is 2. The highest BCUT2D eigenvalue weighted by Gasteiger charge is 2.43. The van der Waals surface area contributed by atoms with E-state index in [2.05, 4.69) is 12.2 Å². The van der Waals surface area contributed by atoms with Crippen LogP contribution in [-0.2, 0) is 9.84 Å². The second-order valence-electron chi connectivity index (χ2n) is 6.77. The Balaban J connectivity index is 1.78. The first-order chi connectivity index (χ1) is 11.8. The molecule has 25 heavy (non-hydrogen) atoms. The van der Waals surface area contributed by atoms with Gasteiger partial charge in [0.2, 0.25) is 0 Å². The molecule has 0 amide bonds. The molecule has 0 aromatic heterocycles. The molecule has 0 unspecified atom stereocenters. The Kier molecular flexibility index (Phi) is 3.87. The molecule has 0 saturated heterocycles. The molecule has 4 rings (SSSR count). The van der Waals surface area contributed by atoms with Crippen LogP contribution in [0.5, 0.6) is 0 Å². The molecule has 2 aliphatic rings. The summed E-state index contributed by atoms with van der Waals surface area (Å²) in [4.78, 5) is 0.330. The van der Waals surface area contributed by atoms with Crippen molar-refractivity contribution in [3.63, 3.8) is 0 Å². The van der Waals surface area contributed by atoms with Crippen LogP contribution in [0.2, 0.25) is 10.0 Å². The van der Waals surface area contributed by atoms with Crippen molar-refractivity contribution in [1.29, 1.82) is 0 Å². The van der Waals surface area contributed by atoms with Gasteiger partial charge in [0.15, 0.2) is 9.84 Å². The summed E-state index contributed by atoms with van der Waals surface area (Å²) in [5.41, 5.74) is 4.43. The summed E-state index contributed by atoms with van der Waals surface area (Å²) < 4.78 is 23.4. The van der Waals surface area contributed by atoms with Crippen LogP contribution in [0.4, 0.5) is 0 Å². The van der Waals surface area contributed by atoms with E-state index in [1.807, 2.05) is 30.3 Å². The Bertz CT molecular complexity index is 1030. The van der Waals surface area contributed by atoms with Crippen molar-refractivity contribution in [3.8, 4) is 0 Å². The molecule has 1 spiro atoms. The van der Waals surface area contributed by atoms with Gasteiger partial charge in [-0.3, -0.25) is 0 Å². The summed E-state index contributed by atoms with van der Waals surface area (Å²) in [5, 5.41) is 1.07. The van der Waals surface area contributed by atoms with E-state index in [0.717, 1.165) is 35.1 Å². The molecular weight excluding hydrogens is 375 g/mol. The standard InChI is InChI=1S/C20H16Cl2O2S/c1-25(23,24)15-5-2-13(3-6-15)16-11-20(8-9-20)12-17(16)14-4-7-18(21)19(22)10-14/h2-7,10-12H,8-9H2,1H3. The lowest BCUT2D eigenvalue weighted by Crippen LogP contribution is -1.97. The summed E-state index contributed by atoms with van der Waals surface area (Å²) in [6, 6.07) is 12.7. The first kappa shape index (κ1) is 16.9. The van der Waals surface area contributed by atoms with Gasteiger partial charge in [-0.25, -0.2) is 8.42 Å². The minimum Gasteiger partial charge on any atom is -0.224 e. The molecule has 0 bridgehead atoms. The molecule has 0 aliphatic heterocycles. The third-order valence-electron chi connectivity index (χ3n) is 4.81. The largest absolute Gasteiger partial charge is 0.224 e. The zero-order valence-corrected chi connectivity index (χ0v) is 15.9. The van der Waals surface area contributed by atoms with Crippen LogP contribution in [0, 0.1) is 5.41 Å². The van der Waals surface area contributed by atoms with Crippen molar-refractivity contribution in [1.82, 2.24) is 0 Å². The topological polar surface area (TPSA) is 34.1 Å². The van der Waals surface area contributed by atoms with E-state index >= 15 is 0 Å². The number of hydrogen-bond acceptors (Lipinski definition) is 2. The monoisotopic (exact) mass is 390 g/mol. The van der Waals surface area contributed by atoms with Gasteiger partial charge in [-0.15, -0.1) is 0 Å². The van der Waals surface area contributed by atoms with Crippen molar-refractivity contribution < 1.29 is 8.42 Å². The summed E-state index contributed by atoms with van der Waals surface area (Å²) in [5.74, 6) is 0. The first-order valence-electron chi connectivity index (χ1n) is 7.99. The normalized spacial score (nSPS) is 18.2. The van der Waals surface area contributed by atoms with Gasteiger partial charge in [0.05, 0.1) is 14.9 Å². The van der Waals surface area contributed by atoms with Crippen molar-refractivity contribution in [2.45, 2.75) is 17.7 Å². The van der Waals surface area contributed by atoms with Crippen LogP contribution in [0.1, 0.15) is 24.0 Å². The average molecular weight is 391 g/mol. The Morgan fingerprint density at radius 2 is 1.40 bits per heavy atom. The van der Waals surface area contributed by atoms with Crippen molar-refractivity contribution in [3.05, 3.63) is 75.8 Å². The molecule has 2 aliphatic carbocycles. The number of allylic oxidation sites excluding steroid dienone is 4. The molecule has 2 aromatic rings. The van der Waals surface area contributed by atoms with Crippen LogP contribution in [0.3, 0.4) is 0 Å². The zero-order valence-electron chi connectivity index (χ0n) is 13.6. The Hall–Kier alpha value is -1.55. The first-order valence-corrected chi connectivity index (χ1v) is 10.6. The lowest BCUT2D eigenvalue weighted by atomic mass is 9.95. The van der Waals surface area contributed by atoms with E-state index in [4.69, 9.17) is 23.2 Å². The third-order valence-corrected chi connectivity index (χ3v) is 6.67. The minimum atomic E-state index is -3.20. The Labute approximate surface area is 157 Å². The van der Waals surface area contributed by atoms with Crippen LogP contribution in [-0.4, -0.2) is 14.7 Å². The highest BCUT2D eigenvalue weighted by Crippen LogP contribution is 2.57. The van der Waals surface area contributed by atoms with Crippen LogP contribution in [0.15, 0.2) is 59.5 Å². The summed E-state index contributed by atoms with van der Waals surface area (Å²) in [6.07, 6.45) is 8.09.